The highest BCUT2D eigenvalue weighted by Crippen LogP contribution is 2.39. The van der Waals surface area contributed by atoms with Crippen LogP contribution in [0, 0.1) is 0 Å². The molecule has 1 aliphatic carbocycles. The third-order valence-corrected chi connectivity index (χ3v) is 6.23. The number of carbonyl (C=O) groups is 2. The van der Waals surface area contributed by atoms with Gasteiger partial charge in [0.1, 0.15) is 4.88 Å². The third-order valence-electron chi connectivity index (χ3n) is 5.03. The summed E-state index contributed by atoms with van der Waals surface area (Å²) < 4.78 is 11.0. The number of hydrogen-bond acceptors (Lipinski definition) is 5. The first-order valence-corrected chi connectivity index (χ1v) is 10.1. The van der Waals surface area contributed by atoms with Gasteiger partial charge in [-0.2, -0.15) is 0 Å². The fourth-order valence-corrected chi connectivity index (χ4v) is 5.01. The number of morpholine rings is 1. The average molecular weight is 385 g/mol. The van der Waals surface area contributed by atoms with Crippen LogP contribution in [-0.4, -0.2) is 48.7 Å². The maximum atomic E-state index is 12.5. The van der Waals surface area contributed by atoms with Crippen molar-refractivity contribution in [1.82, 2.24) is 4.90 Å². The van der Waals surface area contributed by atoms with Gasteiger partial charge in [0.15, 0.2) is 6.61 Å². The molecule has 0 bridgehead atoms. The fourth-order valence-electron chi connectivity index (χ4n) is 3.84. The van der Waals surface area contributed by atoms with Gasteiger partial charge in [-0.25, -0.2) is 4.79 Å². The van der Waals surface area contributed by atoms with Crippen molar-refractivity contribution < 1.29 is 19.1 Å². The van der Waals surface area contributed by atoms with E-state index in [-0.39, 0.29) is 24.7 Å². The number of carbonyl (C=O) groups excluding carboxylic acids is 2. The van der Waals surface area contributed by atoms with Crippen molar-refractivity contribution in [2.75, 3.05) is 19.7 Å². The number of benzene rings is 1. The molecule has 2 atom stereocenters. The first-order chi connectivity index (χ1) is 13.0. The van der Waals surface area contributed by atoms with E-state index < -0.39 is 5.97 Å². The highest BCUT2D eigenvalue weighted by atomic mass is 32.1. The van der Waals surface area contributed by atoms with Crippen molar-refractivity contribution >= 4 is 23.2 Å². The number of ether oxygens (including phenoxy) is 2. The van der Waals surface area contributed by atoms with Gasteiger partial charge < -0.3 is 14.4 Å². The Hall–Kier alpha value is -2.18. The highest BCUT2D eigenvalue weighted by molar-refractivity contribution is 7.17. The molecule has 0 saturated carbocycles. The Bertz CT molecular complexity index is 865. The molecule has 142 valence electrons. The lowest BCUT2D eigenvalue weighted by Crippen LogP contribution is -2.49. The molecule has 2 unspecified atom stereocenters. The predicted octanol–water partition coefficient (Wildman–Crippen LogP) is 3.31. The molecular weight excluding hydrogens is 362 g/mol. The normalized spacial score (nSPS) is 21.3. The quantitative estimate of drug-likeness (QED) is 0.761. The van der Waals surface area contributed by atoms with Crippen LogP contribution in [0.2, 0.25) is 0 Å². The number of thiophene rings is 1. The molecule has 1 fully saturated rings. The van der Waals surface area contributed by atoms with E-state index in [1.807, 2.05) is 32.0 Å². The molecule has 27 heavy (non-hydrogen) atoms. The topological polar surface area (TPSA) is 55.8 Å². The van der Waals surface area contributed by atoms with E-state index in [2.05, 4.69) is 12.1 Å². The van der Waals surface area contributed by atoms with Gasteiger partial charge >= 0.3 is 5.97 Å². The minimum Gasteiger partial charge on any atom is -0.451 e. The molecule has 1 aromatic carbocycles. The predicted molar refractivity (Wildman–Crippen MR) is 104 cm³/mol. The molecule has 2 aromatic rings. The summed E-state index contributed by atoms with van der Waals surface area (Å²) in [6.07, 6.45) is 1.91. The highest BCUT2D eigenvalue weighted by Gasteiger charge is 2.27. The number of nitrogens with zero attached hydrogens (tertiary/aromatic N) is 1. The lowest BCUT2D eigenvalue weighted by molar-refractivity contribution is -0.146. The van der Waals surface area contributed by atoms with E-state index in [0.717, 1.165) is 17.7 Å². The van der Waals surface area contributed by atoms with Gasteiger partial charge in [0.25, 0.3) is 5.91 Å². The second kappa shape index (κ2) is 7.44. The van der Waals surface area contributed by atoms with E-state index in [1.54, 1.807) is 4.90 Å². The van der Waals surface area contributed by atoms with Crippen molar-refractivity contribution in [3.63, 3.8) is 0 Å². The van der Waals surface area contributed by atoms with E-state index in [1.165, 1.54) is 28.0 Å². The summed E-state index contributed by atoms with van der Waals surface area (Å²) in [5, 5.41) is 0. The summed E-state index contributed by atoms with van der Waals surface area (Å²) in [6, 6.07) is 10.2. The number of hydrogen-bond donors (Lipinski definition) is 0. The number of fused-ring (bicyclic) bond motifs is 3. The minimum absolute atomic E-state index is 0.00232. The number of amides is 1. The van der Waals surface area contributed by atoms with Crippen LogP contribution in [0.15, 0.2) is 30.3 Å². The second-order valence-electron chi connectivity index (χ2n) is 7.25. The largest absolute Gasteiger partial charge is 0.451 e. The second-order valence-corrected chi connectivity index (χ2v) is 8.31. The SMILES string of the molecule is CC1CN(C(=O)COC(=O)c2cc3c(s2)-c2ccccc2CC3)CC(C)O1. The summed E-state index contributed by atoms with van der Waals surface area (Å²) in [5.41, 5.74) is 3.71. The molecule has 0 radical (unpaired) electrons. The maximum Gasteiger partial charge on any atom is 0.348 e. The summed E-state index contributed by atoms with van der Waals surface area (Å²) in [6.45, 7) is 4.72. The Kier molecular flexibility index (Phi) is 5.02. The molecular formula is C21H23NO4S. The van der Waals surface area contributed by atoms with E-state index in [9.17, 15) is 9.59 Å². The monoisotopic (exact) mass is 385 g/mol. The van der Waals surface area contributed by atoms with E-state index in [4.69, 9.17) is 9.47 Å². The lowest BCUT2D eigenvalue weighted by atomic mass is 9.91. The lowest BCUT2D eigenvalue weighted by Gasteiger charge is -2.35. The summed E-state index contributed by atoms with van der Waals surface area (Å²) in [7, 11) is 0. The van der Waals surface area contributed by atoms with Crippen LogP contribution in [0.4, 0.5) is 0 Å². The first-order valence-electron chi connectivity index (χ1n) is 9.32. The molecule has 6 heteroatoms. The minimum atomic E-state index is -0.422. The van der Waals surface area contributed by atoms with Crippen molar-refractivity contribution in [2.45, 2.75) is 38.9 Å². The van der Waals surface area contributed by atoms with Gasteiger partial charge in [-0.1, -0.05) is 24.3 Å². The van der Waals surface area contributed by atoms with Crippen LogP contribution in [0.1, 0.15) is 34.6 Å². The molecule has 5 nitrogen and oxygen atoms in total. The van der Waals surface area contributed by atoms with Gasteiger partial charge in [0.05, 0.1) is 12.2 Å². The smallest absolute Gasteiger partial charge is 0.348 e. The Labute approximate surface area is 162 Å². The summed E-state index contributed by atoms with van der Waals surface area (Å²) in [5.74, 6) is -0.591. The third kappa shape index (κ3) is 3.77. The first kappa shape index (κ1) is 18.2. The van der Waals surface area contributed by atoms with Crippen molar-refractivity contribution in [1.29, 1.82) is 0 Å². The van der Waals surface area contributed by atoms with Crippen LogP contribution in [-0.2, 0) is 27.1 Å². The molecule has 1 aliphatic heterocycles. The van der Waals surface area contributed by atoms with Gasteiger partial charge in [-0.15, -0.1) is 11.3 Å². The van der Waals surface area contributed by atoms with Crippen LogP contribution < -0.4 is 0 Å². The van der Waals surface area contributed by atoms with Gasteiger partial charge in [0.2, 0.25) is 0 Å². The summed E-state index contributed by atoms with van der Waals surface area (Å²) in [4.78, 5) is 28.3. The fraction of sp³-hybridized carbons (Fsp3) is 0.429. The number of esters is 1. The molecule has 1 aromatic heterocycles. The van der Waals surface area contributed by atoms with Crippen LogP contribution in [0.3, 0.4) is 0 Å². The van der Waals surface area contributed by atoms with Crippen LogP contribution in [0.5, 0.6) is 0 Å². The van der Waals surface area contributed by atoms with Gasteiger partial charge in [-0.05, 0) is 49.4 Å². The number of aryl methyl sites for hydroxylation is 2. The van der Waals surface area contributed by atoms with Crippen LogP contribution in [0.25, 0.3) is 10.4 Å². The maximum absolute atomic E-state index is 12.5. The van der Waals surface area contributed by atoms with Gasteiger partial charge in [-0.3, -0.25) is 4.79 Å². The van der Waals surface area contributed by atoms with Crippen LogP contribution >= 0.6 is 11.3 Å². The van der Waals surface area contributed by atoms with Crippen molar-refractivity contribution in [3.05, 3.63) is 46.3 Å². The zero-order valence-corrected chi connectivity index (χ0v) is 16.4. The summed E-state index contributed by atoms with van der Waals surface area (Å²) >= 11 is 1.45. The standard InChI is InChI=1S/C21H23NO4S/c1-13-10-22(11-14(2)26-13)19(23)12-25-21(24)18-9-16-8-7-15-5-3-4-6-17(15)20(16)27-18/h3-6,9,13-14H,7-8,10-12H2,1-2H3. The molecule has 2 heterocycles. The Morgan fingerprint density at radius 1 is 1.15 bits per heavy atom. The van der Waals surface area contributed by atoms with E-state index >= 15 is 0 Å². The molecule has 0 N–H and O–H groups in total. The molecule has 0 spiro atoms. The number of rotatable bonds is 3. The van der Waals surface area contributed by atoms with Crippen molar-refractivity contribution in [2.24, 2.45) is 0 Å². The molecule has 4 rings (SSSR count). The molecule has 1 saturated heterocycles. The average Bonchev–Trinajstić information content (AvgIpc) is 3.10. The zero-order chi connectivity index (χ0) is 19.0. The van der Waals surface area contributed by atoms with Gasteiger partial charge in [0, 0.05) is 18.0 Å². The zero-order valence-electron chi connectivity index (χ0n) is 15.6. The Morgan fingerprint density at radius 3 is 2.63 bits per heavy atom. The van der Waals surface area contributed by atoms with E-state index in [0.29, 0.717) is 18.0 Å². The molecule has 1 amide bonds. The molecule has 2 aliphatic rings. The van der Waals surface area contributed by atoms with Crippen molar-refractivity contribution in [3.8, 4) is 10.4 Å². The Balaban J connectivity index is 1.41. The Morgan fingerprint density at radius 2 is 1.85 bits per heavy atom.